The molecule has 0 N–H and O–H groups in total. The molecule has 0 unspecified atom stereocenters. The van der Waals surface area contributed by atoms with Crippen molar-refractivity contribution in [1.29, 1.82) is 0 Å². The van der Waals surface area contributed by atoms with Gasteiger partial charge in [-0.2, -0.15) is 0 Å². The lowest BCUT2D eigenvalue weighted by molar-refractivity contribution is 0.112. The van der Waals surface area contributed by atoms with E-state index in [1.54, 1.807) is 12.1 Å². The SMILES string of the molecule is CCC.CCCC.CCCc1ccc(Oc2ccc(C=O)cn2)cc1CCC. The Hall–Kier alpha value is -2.16. The molecule has 28 heavy (non-hydrogen) atoms. The van der Waals surface area contributed by atoms with Crippen LogP contribution >= 0.6 is 0 Å². The lowest BCUT2D eigenvalue weighted by Crippen LogP contribution is -1.96. The molecule has 0 spiro atoms. The lowest BCUT2D eigenvalue weighted by atomic mass is 9.99. The normalized spacial score (nSPS) is 9.50. The molecule has 156 valence electrons. The summed E-state index contributed by atoms with van der Waals surface area (Å²) < 4.78 is 5.77. The van der Waals surface area contributed by atoms with Crippen molar-refractivity contribution in [3.05, 3.63) is 53.2 Å². The van der Waals surface area contributed by atoms with E-state index in [0.717, 1.165) is 37.7 Å². The van der Waals surface area contributed by atoms with E-state index in [9.17, 15) is 4.79 Å². The molecule has 0 radical (unpaired) electrons. The van der Waals surface area contributed by atoms with Crippen molar-refractivity contribution in [2.24, 2.45) is 0 Å². The van der Waals surface area contributed by atoms with E-state index in [4.69, 9.17) is 4.74 Å². The number of carbonyl (C=O) groups excluding carboxylic acids is 1. The maximum absolute atomic E-state index is 10.6. The van der Waals surface area contributed by atoms with Crippen LogP contribution in [-0.2, 0) is 12.8 Å². The van der Waals surface area contributed by atoms with E-state index in [-0.39, 0.29) is 0 Å². The topological polar surface area (TPSA) is 39.2 Å². The molecule has 0 aliphatic heterocycles. The number of benzene rings is 1. The molecular formula is C25H39NO2. The van der Waals surface area contributed by atoms with E-state index in [2.05, 4.69) is 58.7 Å². The maximum Gasteiger partial charge on any atom is 0.219 e. The zero-order valence-corrected chi connectivity index (χ0v) is 18.8. The van der Waals surface area contributed by atoms with Gasteiger partial charge in [0, 0.05) is 17.8 Å². The van der Waals surface area contributed by atoms with Gasteiger partial charge >= 0.3 is 0 Å². The molecular weight excluding hydrogens is 346 g/mol. The summed E-state index contributed by atoms with van der Waals surface area (Å²) in [7, 11) is 0. The number of pyridine rings is 1. The Balaban J connectivity index is 0.000000904. The number of carbonyl (C=O) groups is 1. The minimum Gasteiger partial charge on any atom is -0.439 e. The van der Waals surface area contributed by atoms with Crippen molar-refractivity contribution < 1.29 is 9.53 Å². The van der Waals surface area contributed by atoms with Gasteiger partial charge in [-0.15, -0.1) is 0 Å². The quantitative estimate of drug-likeness (QED) is 0.435. The second-order valence-electron chi connectivity index (χ2n) is 6.79. The van der Waals surface area contributed by atoms with Gasteiger partial charge in [-0.05, 0) is 42.2 Å². The number of hydrogen-bond acceptors (Lipinski definition) is 3. The van der Waals surface area contributed by atoms with Gasteiger partial charge in [0.1, 0.15) is 5.75 Å². The van der Waals surface area contributed by atoms with Gasteiger partial charge in [-0.3, -0.25) is 4.79 Å². The van der Waals surface area contributed by atoms with Crippen molar-refractivity contribution in [3.63, 3.8) is 0 Å². The molecule has 0 saturated heterocycles. The van der Waals surface area contributed by atoms with Crippen LogP contribution in [0.25, 0.3) is 0 Å². The molecule has 0 aliphatic carbocycles. The zero-order chi connectivity index (χ0) is 21.2. The number of nitrogens with zero attached hydrogens (tertiary/aromatic N) is 1. The Morgan fingerprint density at radius 1 is 0.821 bits per heavy atom. The Kier molecular flexibility index (Phi) is 15.7. The molecule has 2 rings (SSSR count). The van der Waals surface area contributed by atoms with E-state index in [1.165, 1.54) is 36.6 Å². The molecule has 0 amide bonds. The first-order chi connectivity index (χ1) is 13.6. The summed E-state index contributed by atoms with van der Waals surface area (Å²) in [4.78, 5) is 14.7. The minimum atomic E-state index is 0.506. The Morgan fingerprint density at radius 2 is 1.43 bits per heavy atom. The standard InChI is InChI=1S/C18H21NO2.C4H10.C3H8/c1-3-5-15-8-9-17(11-16(15)6-4-2)21-18-10-7-14(13-20)12-19-18;1-3-4-2;1-3-2/h7-13H,3-6H2,1-2H3;3-4H2,1-2H3;3H2,1-2H3. The number of aromatic nitrogens is 1. The van der Waals surface area contributed by atoms with Crippen molar-refractivity contribution in [2.75, 3.05) is 0 Å². The number of hydrogen-bond donors (Lipinski definition) is 0. The lowest BCUT2D eigenvalue weighted by Gasteiger charge is -2.11. The first-order valence-electron chi connectivity index (χ1n) is 10.8. The van der Waals surface area contributed by atoms with Crippen LogP contribution in [0.3, 0.4) is 0 Å². The second-order valence-corrected chi connectivity index (χ2v) is 6.79. The monoisotopic (exact) mass is 385 g/mol. The van der Waals surface area contributed by atoms with E-state index in [1.807, 2.05) is 6.07 Å². The highest BCUT2D eigenvalue weighted by atomic mass is 16.5. The highest BCUT2D eigenvalue weighted by molar-refractivity contribution is 5.74. The van der Waals surface area contributed by atoms with Gasteiger partial charge in [0.25, 0.3) is 0 Å². The van der Waals surface area contributed by atoms with Gasteiger partial charge < -0.3 is 4.74 Å². The summed E-state index contributed by atoms with van der Waals surface area (Å²) in [5, 5.41) is 0. The number of aldehydes is 1. The Bertz CT molecular complexity index is 633. The smallest absolute Gasteiger partial charge is 0.219 e. The molecule has 0 saturated carbocycles. The van der Waals surface area contributed by atoms with E-state index in [0.29, 0.717) is 11.4 Å². The summed E-state index contributed by atoms with van der Waals surface area (Å²) in [6.45, 7) is 13.0. The minimum absolute atomic E-state index is 0.506. The fourth-order valence-electron chi connectivity index (χ4n) is 2.32. The van der Waals surface area contributed by atoms with Gasteiger partial charge in [-0.1, -0.05) is 79.7 Å². The maximum atomic E-state index is 10.6. The largest absolute Gasteiger partial charge is 0.439 e. The molecule has 3 heteroatoms. The molecule has 1 heterocycles. The van der Waals surface area contributed by atoms with E-state index < -0.39 is 0 Å². The fraction of sp³-hybridized carbons (Fsp3) is 0.520. The summed E-state index contributed by atoms with van der Waals surface area (Å²) in [6.07, 6.45) is 10.6. The molecule has 0 bridgehead atoms. The highest BCUT2D eigenvalue weighted by Crippen LogP contribution is 2.24. The first kappa shape index (κ1) is 25.8. The summed E-state index contributed by atoms with van der Waals surface area (Å²) in [5.41, 5.74) is 3.30. The number of rotatable bonds is 8. The van der Waals surface area contributed by atoms with Crippen LogP contribution in [0.2, 0.25) is 0 Å². The average Bonchev–Trinajstić information content (AvgIpc) is 2.71. The molecule has 1 aromatic heterocycles. The number of unbranched alkanes of at least 4 members (excludes halogenated alkanes) is 1. The molecule has 2 aromatic rings. The van der Waals surface area contributed by atoms with Crippen LogP contribution < -0.4 is 4.74 Å². The molecule has 1 aromatic carbocycles. The summed E-state index contributed by atoms with van der Waals surface area (Å²) in [6, 6.07) is 9.64. The van der Waals surface area contributed by atoms with Crippen LogP contribution in [0.5, 0.6) is 11.6 Å². The Labute approximate surface area is 172 Å². The fourth-order valence-corrected chi connectivity index (χ4v) is 2.32. The predicted molar refractivity (Wildman–Crippen MR) is 121 cm³/mol. The summed E-state index contributed by atoms with van der Waals surface area (Å²) >= 11 is 0. The van der Waals surface area contributed by atoms with Gasteiger partial charge in [0.05, 0.1) is 0 Å². The predicted octanol–water partition coefficient (Wildman–Crippen LogP) is 7.81. The Morgan fingerprint density at radius 3 is 1.89 bits per heavy atom. The molecule has 0 aliphatic rings. The van der Waals surface area contributed by atoms with Crippen LogP contribution in [0.4, 0.5) is 0 Å². The van der Waals surface area contributed by atoms with Crippen LogP contribution in [0.1, 0.15) is 95.1 Å². The van der Waals surface area contributed by atoms with Crippen LogP contribution in [0, 0.1) is 0 Å². The summed E-state index contributed by atoms with van der Waals surface area (Å²) in [5.74, 6) is 1.30. The number of aryl methyl sites for hydroxylation is 2. The van der Waals surface area contributed by atoms with Crippen molar-refractivity contribution in [3.8, 4) is 11.6 Å². The van der Waals surface area contributed by atoms with Crippen molar-refractivity contribution >= 4 is 6.29 Å². The molecule has 0 fully saturated rings. The van der Waals surface area contributed by atoms with Crippen molar-refractivity contribution in [1.82, 2.24) is 4.98 Å². The molecule has 0 atom stereocenters. The van der Waals surface area contributed by atoms with Crippen molar-refractivity contribution in [2.45, 2.75) is 86.5 Å². The molecule has 3 nitrogen and oxygen atoms in total. The third kappa shape index (κ3) is 10.9. The van der Waals surface area contributed by atoms with Gasteiger partial charge in [-0.25, -0.2) is 4.98 Å². The van der Waals surface area contributed by atoms with Crippen LogP contribution in [-0.4, -0.2) is 11.3 Å². The van der Waals surface area contributed by atoms with Gasteiger partial charge in [0.15, 0.2) is 6.29 Å². The highest BCUT2D eigenvalue weighted by Gasteiger charge is 2.05. The first-order valence-corrected chi connectivity index (χ1v) is 10.8. The van der Waals surface area contributed by atoms with Gasteiger partial charge in [0.2, 0.25) is 5.88 Å². The number of ether oxygens (including phenoxy) is 1. The zero-order valence-electron chi connectivity index (χ0n) is 18.8. The van der Waals surface area contributed by atoms with E-state index >= 15 is 0 Å². The van der Waals surface area contributed by atoms with Crippen LogP contribution in [0.15, 0.2) is 36.5 Å². The third-order valence-electron chi connectivity index (χ3n) is 3.83. The average molecular weight is 386 g/mol. The third-order valence-corrected chi connectivity index (χ3v) is 3.83. The second kappa shape index (κ2) is 17.0.